The van der Waals surface area contributed by atoms with Gasteiger partial charge in [-0.1, -0.05) is 28.1 Å². The Bertz CT molecular complexity index is 583. The van der Waals surface area contributed by atoms with Gasteiger partial charge in [-0.25, -0.2) is 4.98 Å². The summed E-state index contributed by atoms with van der Waals surface area (Å²) in [6.45, 7) is 0. The predicted octanol–water partition coefficient (Wildman–Crippen LogP) is 4.43. The van der Waals surface area contributed by atoms with Crippen molar-refractivity contribution >= 4 is 27.3 Å². The first-order valence-electron chi connectivity index (χ1n) is 5.85. The number of alkyl halides is 3. The minimum Gasteiger partial charge on any atom is -0.312 e. The van der Waals surface area contributed by atoms with Crippen LogP contribution >= 0.6 is 27.3 Å². The Kier molecular flexibility index (Phi) is 4.82. The Hall–Kier alpha value is -0.920. The SMILES string of the molecule is CNC(Cc1cccc(Br)c1)c1cnc(C(F)(F)F)s1. The molecule has 1 aromatic heterocycles. The smallest absolute Gasteiger partial charge is 0.312 e. The summed E-state index contributed by atoms with van der Waals surface area (Å²) in [4.78, 5) is 4.04. The quantitative estimate of drug-likeness (QED) is 0.867. The molecule has 0 radical (unpaired) electrons. The molecular formula is C13H12BrF3N2S. The molecule has 0 spiro atoms. The molecular weight excluding hydrogens is 353 g/mol. The number of rotatable bonds is 4. The van der Waals surface area contributed by atoms with Gasteiger partial charge in [-0.05, 0) is 31.2 Å². The molecule has 0 saturated heterocycles. The largest absolute Gasteiger partial charge is 0.443 e. The second-order valence-electron chi connectivity index (χ2n) is 4.24. The third-order valence-corrected chi connectivity index (χ3v) is 4.44. The van der Waals surface area contributed by atoms with Crippen LogP contribution in [-0.4, -0.2) is 12.0 Å². The lowest BCUT2D eigenvalue weighted by Gasteiger charge is -2.14. The van der Waals surface area contributed by atoms with Gasteiger partial charge in [-0.2, -0.15) is 13.2 Å². The third kappa shape index (κ3) is 3.80. The molecule has 1 atom stereocenters. The highest BCUT2D eigenvalue weighted by Gasteiger charge is 2.35. The second kappa shape index (κ2) is 6.24. The van der Waals surface area contributed by atoms with Crippen LogP contribution in [0.15, 0.2) is 34.9 Å². The van der Waals surface area contributed by atoms with E-state index in [1.165, 1.54) is 6.20 Å². The maximum atomic E-state index is 12.6. The Labute approximate surface area is 127 Å². The molecule has 0 aliphatic rings. The summed E-state index contributed by atoms with van der Waals surface area (Å²) in [5.74, 6) is 0. The number of thiazole rings is 1. The van der Waals surface area contributed by atoms with Crippen LogP contribution in [-0.2, 0) is 12.6 Å². The van der Waals surface area contributed by atoms with E-state index >= 15 is 0 Å². The van der Waals surface area contributed by atoms with Gasteiger partial charge in [0.15, 0.2) is 5.01 Å². The summed E-state index contributed by atoms with van der Waals surface area (Å²) in [5, 5.41) is 2.24. The van der Waals surface area contributed by atoms with E-state index in [2.05, 4.69) is 26.2 Å². The van der Waals surface area contributed by atoms with E-state index in [1.807, 2.05) is 24.3 Å². The van der Waals surface area contributed by atoms with E-state index in [0.29, 0.717) is 22.6 Å². The predicted molar refractivity (Wildman–Crippen MR) is 76.8 cm³/mol. The molecule has 0 bridgehead atoms. The van der Waals surface area contributed by atoms with Gasteiger partial charge >= 0.3 is 6.18 Å². The topological polar surface area (TPSA) is 24.9 Å². The third-order valence-electron chi connectivity index (χ3n) is 2.79. The van der Waals surface area contributed by atoms with Crippen LogP contribution in [0.3, 0.4) is 0 Å². The van der Waals surface area contributed by atoms with Crippen molar-refractivity contribution in [2.24, 2.45) is 0 Å². The van der Waals surface area contributed by atoms with Crippen molar-refractivity contribution in [3.05, 3.63) is 50.4 Å². The van der Waals surface area contributed by atoms with Gasteiger partial charge in [-0.15, -0.1) is 11.3 Å². The highest BCUT2D eigenvalue weighted by Crippen LogP contribution is 2.35. The van der Waals surface area contributed by atoms with Gasteiger partial charge in [0.1, 0.15) is 0 Å². The number of hydrogen-bond acceptors (Lipinski definition) is 3. The fourth-order valence-electron chi connectivity index (χ4n) is 1.82. The van der Waals surface area contributed by atoms with Crippen LogP contribution in [0.5, 0.6) is 0 Å². The zero-order chi connectivity index (χ0) is 14.8. The molecule has 0 amide bonds. The van der Waals surface area contributed by atoms with E-state index in [0.717, 1.165) is 10.0 Å². The van der Waals surface area contributed by atoms with Gasteiger partial charge < -0.3 is 5.32 Å². The number of benzene rings is 1. The lowest BCUT2D eigenvalue weighted by molar-refractivity contribution is -0.137. The number of halogens is 4. The molecule has 0 aliphatic heterocycles. The van der Waals surface area contributed by atoms with Crippen LogP contribution in [0.25, 0.3) is 0 Å². The molecule has 0 aliphatic carbocycles. The van der Waals surface area contributed by atoms with Crippen molar-refractivity contribution in [2.45, 2.75) is 18.6 Å². The summed E-state index contributed by atoms with van der Waals surface area (Å²) in [6, 6.07) is 7.53. The Morgan fingerprint density at radius 2 is 2.15 bits per heavy atom. The zero-order valence-corrected chi connectivity index (χ0v) is 12.9. The Balaban J connectivity index is 2.18. The van der Waals surface area contributed by atoms with E-state index in [4.69, 9.17) is 0 Å². The Morgan fingerprint density at radius 3 is 2.70 bits per heavy atom. The molecule has 0 fully saturated rings. The molecule has 2 rings (SSSR count). The molecule has 2 nitrogen and oxygen atoms in total. The van der Waals surface area contributed by atoms with Crippen LogP contribution in [0, 0.1) is 0 Å². The van der Waals surface area contributed by atoms with E-state index in [9.17, 15) is 13.2 Å². The first-order valence-corrected chi connectivity index (χ1v) is 7.45. The van der Waals surface area contributed by atoms with Crippen LogP contribution in [0.2, 0.25) is 0 Å². The highest BCUT2D eigenvalue weighted by molar-refractivity contribution is 9.10. The monoisotopic (exact) mass is 364 g/mol. The van der Waals surface area contributed by atoms with Crippen LogP contribution in [0.4, 0.5) is 13.2 Å². The first-order chi connectivity index (χ1) is 9.40. The van der Waals surface area contributed by atoms with Crippen molar-refractivity contribution < 1.29 is 13.2 Å². The van der Waals surface area contributed by atoms with Crippen molar-refractivity contribution in [3.8, 4) is 0 Å². The maximum Gasteiger partial charge on any atom is 0.443 e. The van der Waals surface area contributed by atoms with Crippen LogP contribution < -0.4 is 5.32 Å². The zero-order valence-electron chi connectivity index (χ0n) is 10.5. The van der Waals surface area contributed by atoms with E-state index < -0.39 is 11.2 Å². The van der Waals surface area contributed by atoms with E-state index in [1.54, 1.807) is 7.05 Å². The van der Waals surface area contributed by atoms with Gasteiger partial charge in [0.2, 0.25) is 0 Å². The molecule has 1 N–H and O–H groups in total. The minimum absolute atomic E-state index is 0.182. The first kappa shape index (κ1) is 15.5. The summed E-state index contributed by atoms with van der Waals surface area (Å²) < 4.78 is 38.7. The van der Waals surface area contributed by atoms with Gasteiger partial charge in [-0.3, -0.25) is 0 Å². The maximum absolute atomic E-state index is 12.6. The average Bonchev–Trinajstić information content (AvgIpc) is 2.85. The number of nitrogens with one attached hydrogen (secondary N) is 1. The van der Waals surface area contributed by atoms with E-state index in [-0.39, 0.29) is 6.04 Å². The molecule has 1 heterocycles. The van der Waals surface area contributed by atoms with Crippen LogP contribution in [0.1, 0.15) is 21.5 Å². The lowest BCUT2D eigenvalue weighted by atomic mass is 10.1. The van der Waals surface area contributed by atoms with Crippen molar-refractivity contribution in [1.29, 1.82) is 0 Å². The average molecular weight is 365 g/mol. The summed E-state index contributed by atoms with van der Waals surface area (Å²) in [5.41, 5.74) is 1.04. The molecule has 7 heteroatoms. The highest BCUT2D eigenvalue weighted by atomic mass is 79.9. The lowest BCUT2D eigenvalue weighted by Crippen LogP contribution is -2.17. The summed E-state index contributed by atoms with van der Waals surface area (Å²) in [6.07, 6.45) is -2.47. The number of nitrogens with zero attached hydrogens (tertiary/aromatic N) is 1. The number of likely N-dealkylation sites (N-methyl/N-ethyl adjacent to an activating group) is 1. The fraction of sp³-hybridized carbons (Fsp3) is 0.308. The van der Waals surface area contributed by atoms with Gasteiger partial charge in [0.25, 0.3) is 0 Å². The van der Waals surface area contributed by atoms with Crippen molar-refractivity contribution in [1.82, 2.24) is 10.3 Å². The molecule has 1 unspecified atom stereocenters. The molecule has 2 aromatic rings. The molecule has 0 saturated carbocycles. The molecule has 20 heavy (non-hydrogen) atoms. The number of hydrogen-bond donors (Lipinski definition) is 1. The van der Waals surface area contributed by atoms with Crippen molar-refractivity contribution in [3.63, 3.8) is 0 Å². The normalized spacial score (nSPS) is 13.4. The number of aromatic nitrogens is 1. The van der Waals surface area contributed by atoms with Crippen molar-refractivity contribution in [2.75, 3.05) is 7.05 Å². The summed E-state index contributed by atoms with van der Waals surface area (Å²) in [7, 11) is 1.73. The summed E-state index contributed by atoms with van der Waals surface area (Å²) >= 11 is 4.07. The fourth-order valence-corrected chi connectivity index (χ4v) is 3.16. The standard InChI is InChI=1S/C13H12BrF3N2S/c1-18-10(6-8-3-2-4-9(14)5-8)11-7-19-12(20-11)13(15,16)17/h2-5,7,10,18H,6H2,1H3. The molecule has 108 valence electrons. The second-order valence-corrected chi connectivity index (χ2v) is 6.22. The minimum atomic E-state index is -4.38. The van der Waals surface area contributed by atoms with Gasteiger partial charge in [0, 0.05) is 21.6 Å². The molecule has 1 aromatic carbocycles. The Morgan fingerprint density at radius 1 is 1.40 bits per heavy atom. The van der Waals surface area contributed by atoms with Gasteiger partial charge in [0.05, 0.1) is 0 Å².